The summed E-state index contributed by atoms with van der Waals surface area (Å²) in [5, 5.41) is 13.8. The highest BCUT2D eigenvalue weighted by molar-refractivity contribution is 5.76. The number of nitrogens with zero attached hydrogens (tertiary/aromatic N) is 1. The van der Waals surface area contributed by atoms with Crippen LogP contribution in [0, 0.1) is 0 Å². The number of carboxylic acids is 1. The largest absolute Gasteiger partial charge is 0.481 e. The standard InChI is InChI=1S/C11H19N3O4/c1-8(15)12-5-6-13-11(18)14(9-2-3-9)7-4-10(16)17/h9H,2-7H2,1H3,(H,12,15)(H,13,18)(H,16,17). The predicted molar refractivity (Wildman–Crippen MR) is 64.1 cm³/mol. The molecule has 0 atom stereocenters. The average Bonchev–Trinajstić information content (AvgIpc) is 3.08. The van der Waals surface area contributed by atoms with Gasteiger partial charge < -0.3 is 20.6 Å². The zero-order chi connectivity index (χ0) is 13.5. The van der Waals surface area contributed by atoms with Crippen molar-refractivity contribution in [1.29, 1.82) is 0 Å². The third kappa shape index (κ3) is 5.51. The van der Waals surface area contributed by atoms with Gasteiger partial charge in [0.05, 0.1) is 6.42 Å². The molecular formula is C11H19N3O4. The maximum absolute atomic E-state index is 11.8. The average molecular weight is 257 g/mol. The molecule has 1 saturated carbocycles. The Labute approximate surface area is 106 Å². The van der Waals surface area contributed by atoms with Crippen LogP contribution in [-0.4, -0.2) is 53.6 Å². The van der Waals surface area contributed by atoms with E-state index in [2.05, 4.69) is 10.6 Å². The summed E-state index contributed by atoms with van der Waals surface area (Å²) in [5.74, 6) is -1.05. The normalized spacial score (nSPS) is 13.8. The van der Waals surface area contributed by atoms with Gasteiger partial charge in [0, 0.05) is 32.6 Å². The number of amides is 3. The second-order valence-corrected chi connectivity index (χ2v) is 4.28. The fourth-order valence-corrected chi connectivity index (χ4v) is 1.56. The van der Waals surface area contributed by atoms with Crippen molar-refractivity contribution in [1.82, 2.24) is 15.5 Å². The molecule has 0 aromatic heterocycles. The number of nitrogens with one attached hydrogen (secondary N) is 2. The van der Waals surface area contributed by atoms with Crippen LogP contribution in [0.4, 0.5) is 4.79 Å². The lowest BCUT2D eigenvalue weighted by atomic mass is 10.4. The minimum atomic E-state index is -0.910. The Hall–Kier alpha value is -1.79. The van der Waals surface area contributed by atoms with Gasteiger partial charge in [-0.3, -0.25) is 9.59 Å². The van der Waals surface area contributed by atoms with E-state index >= 15 is 0 Å². The highest BCUT2D eigenvalue weighted by Gasteiger charge is 2.32. The van der Waals surface area contributed by atoms with Crippen LogP contribution in [-0.2, 0) is 9.59 Å². The van der Waals surface area contributed by atoms with E-state index in [1.54, 1.807) is 4.90 Å². The molecule has 102 valence electrons. The van der Waals surface area contributed by atoms with E-state index in [-0.39, 0.29) is 30.9 Å². The summed E-state index contributed by atoms with van der Waals surface area (Å²) in [5.41, 5.74) is 0. The molecule has 1 rings (SSSR count). The first-order valence-electron chi connectivity index (χ1n) is 6.01. The van der Waals surface area contributed by atoms with Crippen LogP contribution in [0.2, 0.25) is 0 Å². The Balaban J connectivity index is 2.26. The first kappa shape index (κ1) is 14.3. The monoisotopic (exact) mass is 257 g/mol. The van der Waals surface area contributed by atoms with Crippen LogP contribution in [0.1, 0.15) is 26.2 Å². The van der Waals surface area contributed by atoms with Gasteiger partial charge in [0.1, 0.15) is 0 Å². The van der Waals surface area contributed by atoms with Gasteiger partial charge in [-0.2, -0.15) is 0 Å². The number of carbonyl (C=O) groups is 3. The molecule has 18 heavy (non-hydrogen) atoms. The molecule has 1 aliphatic carbocycles. The number of urea groups is 1. The highest BCUT2D eigenvalue weighted by Crippen LogP contribution is 2.26. The van der Waals surface area contributed by atoms with E-state index in [1.807, 2.05) is 0 Å². The maximum Gasteiger partial charge on any atom is 0.317 e. The van der Waals surface area contributed by atoms with Gasteiger partial charge in [-0.15, -0.1) is 0 Å². The topological polar surface area (TPSA) is 98.7 Å². The van der Waals surface area contributed by atoms with Gasteiger partial charge >= 0.3 is 12.0 Å². The smallest absolute Gasteiger partial charge is 0.317 e. The summed E-state index contributed by atoms with van der Waals surface area (Å²) < 4.78 is 0. The molecule has 0 heterocycles. The van der Waals surface area contributed by atoms with Crippen molar-refractivity contribution in [2.24, 2.45) is 0 Å². The van der Waals surface area contributed by atoms with Crippen LogP contribution in [0.3, 0.4) is 0 Å². The van der Waals surface area contributed by atoms with Crippen molar-refractivity contribution < 1.29 is 19.5 Å². The van der Waals surface area contributed by atoms with Crippen molar-refractivity contribution in [3.05, 3.63) is 0 Å². The van der Waals surface area contributed by atoms with Crippen molar-refractivity contribution in [3.63, 3.8) is 0 Å². The van der Waals surface area contributed by atoms with Crippen LogP contribution in [0.25, 0.3) is 0 Å². The fourth-order valence-electron chi connectivity index (χ4n) is 1.56. The Morgan fingerprint density at radius 3 is 2.33 bits per heavy atom. The van der Waals surface area contributed by atoms with Crippen LogP contribution in [0.5, 0.6) is 0 Å². The number of hydrogen-bond donors (Lipinski definition) is 3. The molecule has 3 N–H and O–H groups in total. The third-order valence-electron chi connectivity index (χ3n) is 2.59. The Bertz CT molecular complexity index is 328. The van der Waals surface area contributed by atoms with Crippen LogP contribution < -0.4 is 10.6 Å². The first-order chi connectivity index (χ1) is 8.50. The lowest BCUT2D eigenvalue weighted by molar-refractivity contribution is -0.137. The molecule has 7 nitrogen and oxygen atoms in total. The SMILES string of the molecule is CC(=O)NCCNC(=O)N(CCC(=O)O)C1CC1. The number of aliphatic carboxylic acids is 1. The molecule has 0 aromatic carbocycles. The van der Waals surface area contributed by atoms with E-state index in [1.165, 1.54) is 6.92 Å². The zero-order valence-electron chi connectivity index (χ0n) is 10.4. The second kappa shape index (κ2) is 6.83. The molecule has 0 unspecified atom stereocenters. The second-order valence-electron chi connectivity index (χ2n) is 4.28. The van der Waals surface area contributed by atoms with Crippen molar-refractivity contribution in [3.8, 4) is 0 Å². The minimum Gasteiger partial charge on any atom is -0.481 e. The molecule has 0 aromatic rings. The summed E-state index contributed by atoms with van der Waals surface area (Å²) in [7, 11) is 0. The van der Waals surface area contributed by atoms with E-state index in [9.17, 15) is 14.4 Å². The molecule has 3 amide bonds. The number of carbonyl (C=O) groups excluding carboxylic acids is 2. The first-order valence-corrected chi connectivity index (χ1v) is 6.01. The van der Waals surface area contributed by atoms with Gasteiger partial charge in [0.15, 0.2) is 0 Å². The van der Waals surface area contributed by atoms with Gasteiger partial charge in [0.25, 0.3) is 0 Å². The van der Waals surface area contributed by atoms with Crippen molar-refractivity contribution in [2.45, 2.75) is 32.2 Å². The molecule has 0 spiro atoms. The third-order valence-corrected chi connectivity index (χ3v) is 2.59. The molecule has 1 aliphatic rings. The molecule has 0 aliphatic heterocycles. The summed E-state index contributed by atoms with van der Waals surface area (Å²) >= 11 is 0. The fraction of sp³-hybridized carbons (Fsp3) is 0.727. The minimum absolute atomic E-state index is 0.0460. The lowest BCUT2D eigenvalue weighted by Crippen LogP contribution is -2.44. The number of rotatable bonds is 7. The predicted octanol–water partition coefficient (Wildman–Crippen LogP) is -0.229. The molecule has 0 radical (unpaired) electrons. The van der Waals surface area contributed by atoms with Crippen molar-refractivity contribution >= 4 is 17.9 Å². The van der Waals surface area contributed by atoms with Crippen molar-refractivity contribution in [2.75, 3.05) is 19.6 Å². The quantitative estimate of drug-likeness (QED) is 0.549. The Kier molecular flexibility index (Phi) is 5.41. The molecule has 7 heteroatoms. The van der Waals surface area contributed by atoms with Crippen LogP contribution in [0.15, 0.2) is 0 Å². The summed E-state index contributed by atoms with van der Waals surface area (Å²) in [6.45, 7) is 2.35. The summed E-state index contributed by atoms with van der Waals surface area (Å²) in [4.78, 5) is 34.5. The van der Waals surface area contributed by atoms with E-state index in [0.717, 1.165) is 12.8 Å². The Morgan fingerprint density at radius 2 is 1.83 bits per heavy atom. The van der Waals surface area contributed by atoms with E-state index in [0.29, 0.717) is 13.1 Å². The van der Waals surface area contributed by atoms with Gasteiger partial charge in [-0.1, -0.05) is 0 Å². The molecule has 1 fully saturated rings. The maximum atomic E-state index is 11.8. The Morgan fingerprint density at radius 1 is 1.22 bits per heavy atom. The number of hydrogen-bond acceptors (Lipinski definition) is 3. The summed E-state index contributed by atoms with van der Waals surface area (Å²) in [6.07, 6.45) is 1.81. The molecule has 0 bridgehead atoms. The summed E-state index contributed by atoms with van der Waals surface area (Å²) in [6, 6.07) is -0.0887. The molecular weight excluding hydrogens is 238 g/mol. The van der Waals surface area contributed by atoms with E-state index in [4.69, 9.17) is 5.11 Å². The highest BCUT2D eigenvalue weighted by atomic mass is 16.4. The van der Waals surface area contributed by atoms with Crippen LogP contribution >= 0.6 is 0 Å². The number of carboxylic acid groups (broad SMARTS) is 1. The molecule has 0 saturated heterocycles. The zero-order valence-corrected chi connectivity index (χ0v) is 10.4. The van der Waals surface area contributed by atoms with E-state index < -0.39 is 5.97 Å². The van der Waals surface area contributed by atoms with Gasteiger partial charge in [0.2, 0.25) is 5.91 Å². The lowest BCUT2D eigenvalue weighted by Gasteiger charge is -2.22. The van der Waals surface area contributed by atoms with Gasteiger partial charge in [-0.25, -0.2) is 4.79 Å². The van der Waals surface area contributed by atoms with Gasteiger partial charge in [-0.05, 0) is 12.8 Å².